The summed E-state index contributed by atoms with van der Waals surface area (Å²) in [5, 5.41) is 10.3. The van der Waals surface area contributed by atoms with Gasteiger partial charge in [0, 0.05) is 36.6 Å². The number of nitrogens with zero attached hydrogens (tertiary/aromatic N) is 4. The van der Waals surface area contributed by atoms with E-state index in [-0.39, 0.29) is 5.91 Å². The van der Waals surface area contributed by atoms with Gasteiger partial charge >= 0.3 is 0 Å². The number of likely N-dealkylation sites (tertiary alicyclic amines) is 1. The molecule has 158 valence electrons. The van der Waals surface area contributed by atoms with E-state index >= 15 is 0 Å². The van der Waals surface area contributed by atoms with Gasteiger partial charge in [-0.1, -0.05) is 19.0 Å². The number of thiazole rings is 1. The topological polar surface area (TPSA) is 84.1 Å². The first-order chi connectivity index (χ1) is 14.5. The molecule has 30 heavy (non-hydrogen) atoms. The van der Waals surface area contributed by atoms with E-state index < -0.39 is 0 Å². The molecule has 2 fully saturated rings. The number of fused-ring (bicyclic) bond motifs is 1. The number of carbonyl (C=O) groups excluding carboxylic acids is 1. The summed E-state index contributed by atoms with van der Waals surface area (Å²) in [5.74, 6) is 1.67. The molecule has 1 N–H and O–H groups in total. The van der Waals surface area contributed by atoms with E-state index in [0.717, 1.165) is 43.9 Å². The highest BCUT2D eigenvalue weighted by atomic mass is 32.1. The summed E-state index contributed by atoms with van der Waals surface area (Å²) < 4.78 is 5.35. The van der Waals surface area contributed by atoms with E-state index in [0.29, 0.717) is 45.2 Å². The number of nitrogens with one attached hydrogen (secondary N) is 1. The predicted octanol–water partition coefficient (Wildman–Crippen LogP) is 4.60. The van der Waals surface area contributed by atoms with Gasteiger partial charge in [-0.05, 0) is 44.1 Å². The highest BCUT2D eigenvalue weighted by Crippen LogP contribution is 2.40. The van der Waals surface area contributed by atoms with Crippen molar-refractivity contribution in [3.8, 4) is 0 Å². The largest absolute Gasteiger partial charge is 0.336 e. The maximum absolute atomic E-state index is 13.1. The average Bonchev–Trinajstić information content (AvgIpc) is 3.36. The van der Waals surface area contributed by atoms with Gasteiger partial charge in [0.05, 0.1) is 22.3 Å². The third-order valence-electron chi connectivity index (χ3n) is 5.98. The lowest BCUT2D eigenvalue weighted by Crippen LogP contribution is -2.38. The van der Waals surface area contributed by atoms with Crippen molar-refractivity contribution in [3.63, 3.8) is 0 Å². The van der Waals surface area contributed by atoms with Crippen LogP contribution in [0, 0.1) is 18.8 Å². The Kier molecular flexibility index (Phi) is 5.06. The fourth-order valence-corrected chi connectivity index (χ4v) is 5.33. The minimum absolute atomic E-state index is 0.184. The zero-order valence-electron chi connectivity index (χ0n) is 17.6. The van der Waals surface area contributed by atoms with E-state index in [1.54, 1.807) is 0 Å². The van der Waals surface area contributed by atoms with Crippen LogP contribution in [0.4, 0.5) is 5.13 Å². The Labute approximate surface area is 179 Å². The van der Waals surface area contributed by atoms with Gasteiger partial charge < -0.3 is 4.52 Å². The van der Waals surface area contributed by atoms with Crippen LogP contribution in [0.5, 0.6) is 0 Å². The van der Waals surface area contributed by atoms with Gasteiger partial charge in [0.15, 0.2) is 5.13 Å². The number of pyridine rings is 1. The summed E-state index contributed by atoms with van der Waals surface area (Å²) in [5.41, 5.74) is 3.61. The second-order valence-electron chi connectivity index (χ2n) is 9.06. The second-order valence-corrected chi connectivity index (χ2v) is 9.91. The molecule has 8 heteroatoms. The molecular formula is C22H27N5O2S. The number of aromatic nitrogens is 3. The first kappa shape index (κ1) is 19.6. The van der Waals surface area contributed by atoms with Crippen LogP contribution >= 0.6 is 11.3 Å². The van der Waals surface area contributed by atoms with E-state index in [9.17, 15) is 4.79 Å². The summed E-state index contributed by atoms with van der Waals surface area (Å²) in [6, 6.07) is 1.89. The molecule has 1 amide bonds. The Morgan fingerprint density at radius 2 is 2.03 bits per heavy atom. The van der Waals surface area contributed by atoms with Crippen molar-refractivity contribution in [3.05, 3.63) is 34.1 Å². The number of aryl methyl sites for hydroxylation is 1. The molecule has 0 aromatic carbocycles. The summed E-state index contributed by atoms with van der Waals surface area (Å²) in [6.07, 6.45) is 3.51. The highest BCUT2D eigenvalue weighted by Gasteiger charge is 2.29. The first-order valence-corrected chi connectivity index (χ1v) is 11.6. The number of rotatable bonds is 5. The lowest BCUT2D eigenvalue weighted by molar-refractivity contribution is 0.102. The zero-order chi connectivity index (χ0) is 20.8. The molecule has 1 aliphatic carbocycles. The third-order valence-corrected chi connectivity index (χ3v) is 6.79. The van der Waals surface area contributed by atoms with E-state index in [1.807, 2.05) is 18.4 Å². The summed E-state index contributed by atoms with van der Waals surface area (Å²) in [6.45, 7) is 9.51. The lowest BCUT2D eigenvalue weighted by Gasteiger charge is -2.34. The van der Waals surface area contributed by atoms with Crippen molar-refractivity contribution < 1.29 is 9.32 Å². The van der Waals surface area contributed by atoms with Crippen LogP contribution in [0.15, 0.2) is 16.0 Å². The van der Waals surface area contributed by atoms with Gasteiger partial charge in [-0.25, -0.2) is 9.97 Å². The van der Waals surface area contributed by atoms with Crippen molar-refractivity contribution in [2.45, 2.75) is 52.5 Å². The summed E-state index contributed by atoms with van der Waals surface area (Å²) in [7, 11) is 0. The molecule has 7 nitrogen and oxygen atoms in total. The molecule has 2 atom stereocenters. The molecule has 2 unspecified atom stereocenters. The molecule has 3 aromatic heterocycles. The molecule has 1 aliphatic heterocycles. The van der Waals surface area contributed by atoms with Crippen LogP contribution in [-0.2, 0) is 6.54 Å². The van der Waals surface area contributed by atoms with Crippen LogP contribution in [0.3, 0.4) is 0 Å². The van der Waals surface area contributed by atoms with Crippen molar-refractivity contribution in [1.82, 2.24) is 20.0 Å². The van der Waals surface area contributed by atoms with Crippen LogP contribution in [0.2, 0.25) is 0 Å². The fourth-order valence-electron chi connectivity index (χ4n) is 4.63. The lowest BCUT2D eigenvalue weighted by atomic mass is 9.92. The Balaban J connectivity index is 1.33. The quantitative estimate of drug-likeness (QED) is 0.643. The highest BCUT2D eigenvalue weighted by molar-refractivity contribution is 7.14. The molecule has 0 bridgehead atoms. The minimum atomic E-state index is -0.184. The monoisotopic (exact) mass is 425 g/mol. The van der Waals surface area contributed by atoms with Gasteiger partial charge in [0.25, 0.3) is 11.6 Å². The van der Waals surface area contributed by atoms with Gasteiger partial charge in [0.2, 0.25) is 0 Å². The number of carbonyl (C=O) groups is 1. The van der Waals surface area contributed by atoms with Gasteiger partial charge in [0.1, 0.15) is 0 Å². The average molecular weight is 426 g/mol. The second kappa shape index (κ2) is 7.74. The molecule has 5 rings (SSSR count). The molecule has 1 saturated carbocycles. The summed E-state index contributed by atoms with van der Waals surface area (Å²) in [4.78, 5) is 24.8. The molecule has 2 aliphatic rings. The smallest absolute Gasteiger partial charge is 0.259 e. The number of anilines is 1. The van der Waals surface area contributed by atoms with Crippen molar-refractivity contribution >= 4 is 33.5 Å². The fraction of sp³-hybridized carbons (Fsp3) is 0.545. The van der Waals surface area contributed by atoms with Crippen LogP contribution in [-0.4, -0.2) is 39.0 Å². The minimum Gasteiger partial charge on any atom is -0.336 e. The Morgan fingerprint density at radius 1 is 1.27 bits per heavy atom. The number of piperidine rings is 1. The molecular weight excluding hydrogens is 398 g/mol. The van der Waals surface area contributed by atoms with Crippen LogP contribution in [0.25, 0.3) is 11.1 Å². The first-order valence-electron chi connectivity index (χ1n) is 10.7. The normalized spacial score (nSPS) is 22.5. The van der Waals surface area contributed by atoms with Crippen LogP contribution < -0.4 is 5.32 Å². The van der Waals surface area contributed by atoms with E-state index in [4.69, 9.17) is 4.52 Å². The van der Waals surface area contributed by atoms with E-state index in [2.05, 4.69) is 39.2 Å². The SMILES string of the molecule is Cc1noc2nc(C3CC3)cc(C(=O)Nc3nc(CN4CC(C)CC(C)C4)cs3)c12. The molecule has 3 aromatic rings. The van der Waals surface area contributed by atoms with Gasteiger partial charge in [-0.3, -0.25) is 15.0 Å². The Bertz CT molecular complexity index is 1080. The van der Waals surface area contributed by atoms with Crippen molar-refractivity contribution in [1.29, 1.82) is 0 Å². The van der Waals surface area contributed by atoms with Crippen molar-refractivity contribution in [2.75, 3.05) is 18.4 Å². The van der Waals surface area contributed by atoms with Gasteiger partial charge in [-0.2, -0.15) is 0 Å². The summed E-state index contributed by atoms with van der Waals surface area (Å²) >= 11 is 1.47. The Hall–Kier alpha value is -2.32. The zero-order valence-corrected chi connectivity index (χ0v) is 18.5. The van der Waals surface area contributed by atoms with Gasteiger partial charge in [-0.15, -0.1) is 11.3 Å². The maximum atomic E-state index is 13.1. The number of hydrogen-bond acceptors (Lipinski definition) is 7. The van der Waals surface area contributed by atoms with Crippen molar-refractivity contribution in [2.24, 2.45) is 11.8 Å². The third kappa shape index (κ3) is 3.98. The van der Waals surface area contributed by atoms with Crippen LogP contribution in [0.1, 0.15) is 66.5 Å². The maximum Gasteiger partial charge on any atom is 0.259 e. The Morgan fingerprint density at radius 3 is 2.77 bits per heavy atom. The predicted molar refractivity (Wildman–Crippen MR) is 117 cm³/mol. The molecule has 0 radical (unpaired) electrons. The molecule has 1 saturated heterocycles. The van der Waals surface area contributed by atoms with E-state index in [1.165, 1.54) is 17.8 Å². The molecule has 4 heterocycles. The standard InChI is InChI=1S/C22H27N5O2S/c1-12-6-13(2)9-27(8-12)10-16-11-30-22(23-16)25-20(28)17-7-18(15-4-5-15)24-21-19(17)14(3)26-29-21/h7,11-13,15H,4-6,8-10H2,1-3H3,(H,23,25,28). The number of amides is 1. The molecule has 0 spiro atoms. The number of hydrogen-bond donors (Lipinski definition) is 1.